The van der Waals surface area contributed by atoms with Gasteiger partial charge in [0.25, 0.3) is 11.8 Å². The molecule has 3 saturated heterocycles. The van der Waals surface area contributed by atoms with E-state index in [1.54, 1.807) is 17.0 Å². The fraction of sp³-hybridized carbons (Fsp3) is 0.367. The first-order valence-corrected chi connectivity index (χ1v) is 13.6. The van der Waals surface area contributed by atoms with Gasteiger partial charge in [-0.15, -0.1) is 0 Å². The Morgan fingerprint density at radius 1 is 1.02 bits per heavy atom. The lowest BCUT2D eigenvalue weighted by Crippen LogP contribution is -2.36. The third kappa shape index (κ3) is 3.87. The smallest absolute Gasteiger partial charge is 0.259 e. The summed E-state index contributed by atoms with van der Waals surface area (Å²) >= 11 is 0. The zero-order valence-electron chi connectivity index (χ0n) is 22.9. The molecule has 0 aliphatic carbocycles. The number of quaternary nitrogens is 1. The van der Waals surface area contributed by atoms with Crippen LogP contribution in [-0.4, -0.2) is 67.4 Å². The van der Waals surface area contributed by atoms with Gasteiger partial charge in [0.05, 0.1) is 49.2 Å². The zero-order chi connectivity index (χ0) is 28.5. The van der Waals surface area contributed by atoms with Crippen molar-refractivity contribution in [3.63, 3.8) is 0 Å². The van der Waals surface area contributed by atoms with E-state index in [1.165, 1.54) is 20.3 Å². The minimum atomic E-state index is -0.982. The molecule has 0 saturated carbocycles. The summed E-state index contributed by atoms with van der Waals surface area (Å²) in [5, 5.41) is 0.550. The van der Waals surface area contributed by atoms with Crippen LogP contribution in [0.4, 0.5) is 14.6 Å². The summed E-state index contributed by atoms with van der Waals surface area (Å²) < 4.78 is 54.9. The Balaban J connectivity index is 1.37. The number of nitrogens with zero attached hydrogens (tertiary/aromatic N) is 4. The maximum atomic E-state index is 15.5. The molecule has 3 fully saturated rings. The fourth-order valence-corrected chi connectivity index (χ4v) is 6.27. The molecule has 3 aromatic heterocycles. The van der Waals surface area contributed by atoms with Crippen molar-refractivity contribution in [1.29, 1.82) is 0 Å². The Kier molecular flexibility index (Phi) is 6.07. The average molecular weight is 564 g/mol. The van der Waals surface area contributed by atoms with Crippen molar-refractivity contribution >= 4 is 16.7 Å². The Morgan fingerprint density at radius 2 is 1.80 bits per heavy atom. The molecule has 0 spiro atoms. The molecule has 3 aliphatic heterocycles. The first-order valence-electron chi connectivity index (χ1n) is 13.6. The maximum absolute atomic E-state index is 15.5. The number of halogens is 2. The summed E-state index contributed by atoms with van der Waals surface area (Å²) in [7, 11) is 2.54. The van der Waals surface area contributed by atoms with E-state index < -0.39 is 22.8 Å². The fourth-order valence-electron chi connectivity index (χ4n) is 6.27. The van der Waals surface area contributed by atoms with Gasteiger partial charge in [-0.25, -0.2) is 18.2 Å². The number of rotatable bonds is 6. The Morgan fingerprint density at radius 3 is 2.39 bits per heavy atom. The quantitative estimate of drug-likeness (QED) is 0.253. The Hall–Kier alpha value is -3.93. The largest absolute Gasteiger partial charge is 0.494 e. The molecule has 212 valence electrons. The van der Waals surface area contributed by atoms with Gasteiger partial charge in [-0.05, 0) is 31.5 Å². The van der Waals surface area contributed by atoms with Crippen LogP contribution < -0.4 is 19.5 Å². The highest BCUT2D eigenvalue weighted by atomic mass is 19.1. The molecule has 6 heterocycles. The normalized spacial score (nSPS) is 25.0. The van der Waals surface area contributed by atoms with E-state index in [-0.39, 0.29) is 29.3 Å². The second-order valence-electron chi connectivity index (χ2n) is 10.8. The van der Waals surface area contributed by atoms with Crippen LogP contribution in [-0.2, 0) is 9.47 Å². The summed E-state index contributed by atoms with van der Waals surface area (Å²) in [4.78, 5) is 23.4. The molecular formula is C30H29F2N4O5+. The highest BCUT2D eigenvalue weighted by Gasteiger charge is 2.67. The number of hydrogen-bond donors (Lipinski definition) is 0. The first-order chi connectivity index (χ1) is 19.9. The lowest BCUT2D eigenvalue weighted by molar-refractivity contribution is 0.154. The monoisotopic (exact) mass is 563 g/mol. The molecule has 4 aromatic rings. The topological polar surface area (TPSA) is 84.7 Å². The minimum absolute atomic E-state index is 0.152. The second kappa shape index (κ2) is 9.57. The van der Waals surface area contributed by atoms with Crippen LogP contribution >= 0.6 is 0 Å². The van der Waals surface area contributed by atoms with Crippen molar-refractivity contribution in [3.8, 4) is 33.9 Å². The summed E-state index contributed by atoms with van der Waals surface area (Å²) in [6.45, 7) is 4.61. The molecule has 0 bridgehead atoms. The molecule has 3 aliphatic rings. The molecule has 9 nitrogen and oxygen atoms in total. The van der Waals surface area contributed by atoms with E-state index in [0.29, 0.717) is 42.3 Å². The third-order valence-corrected chi connectivity index (χ3v) is 8.66. The van der Waals surface area contributed by atoms with E-state index in [9.17, 15) is 4.79 Å². The van der Waals surface area contributed by atoms with E-state index in [1.807, 2.05) is 18.2 Å². The maximum Gasteiger partial charge on any atom is 0.259 e. The van der Waals surface area contributed by atoms with Gasteiger partial charge in [0.15, 0.2) is 29.7 Å². The van der Waals surface area contributed by atoms with Crippen molar-refractivity contribution in [1.82, 2.24) is 19.0 Å². The second-order valence-corrected chi connectivity index (χ2v) is 10.8. The van der Waals surface area contributed by atoms with E-state index in [4.69, 9.17) is 23.9 Å². The summed E-state index contributed by atoms with van der Waals surface area (Å²) in [6, 6.07) is 8.44. The van der Waals surface area contributed by atoms with Crippen LogP contribution in [0, 0.1) is 11.6 Å². The molecule has 0 amide bonds. The average Bonchev–Trinajstić information content (AvgIpc) is 3.29. The number of hydrogen-bond acceptors (Lipinski definition) is 7. The van der Waals surface area contributed by atoms with Crippen LogP contribution in [0.5, 0.6) is 11.5 Å². The third-order valence-electron chi connectivity index (χ3n) is 8.66. The molecule has 0 N–H and O–H groups in total. The van der Waals surface area contributed by atoms with Crippen molar-refractivity contribution in [2.75, 3.05) is 40.6 Å². The molecule has 0 radical (unpaired) electrons. The molecule has 41 heavy (non-hydrogen) atoms. The first kappa shape index (κ1) is 26.0. The van der Waals surface area contributed by atoms with E-state index in [0.717, 1.165) is 35.1 Å². The van der Waals surface area contributed by atoms with Gasteiger partial charge in [-0.1, -0.05) is 0 Å². The van der Waals surface area contributed by atoms with Crippen molar-refractivity contribution in [2.45, 2.75) is 31.7 Å². The van der Waals surface area contributed by atoms with Gasteiger partial charge >= 0.3 is 0 Å². The predicted molar refractivity (Wildman–Crippen MR) is 148 cm³/mol. The molecule has 7 rings (SSSR count). The van der Waals surface area contributed by atoms with E-state index in [2.05, 4.69) is 11.9 Å². The predicted octanol–water partition coefficient (Wildman–Crippen LogP) is 4.45. The number of ether oxygens (including phenoxy) is 4. The number of methoxy groups -OCH3 is 2. The molecule has 4 unspecified atom stereocenters. The van der Waals surface area contributed by atoms with Crippen molar-refractivity contribution in [3.05, 3.63) is 64.7 Å². The van der Waals surface area contributed by atoms with Crippen LogP contribution in [0.3, 0.4) is 0 Å². The molecular weight excluding hydrogens is 534 g/mol. The number of pyridine rings is 3. The lowest BCUT2D eigenvalue weighted by atomic mass is 10.0. The number of benzene rings is 1. The summed E-state index contributed by atoms with van der Waals surface area (Å²) in [5.74, 6) is -1.46. The Bertz CT molecular complexity index is 1710. The summed E-state index contributed by atoms with van der Waals surface area (Å²) in [5.41, 5.74) is 0.809. The van der Waals surface area contributed by atoms with Crippen LogP contribution in [0.1, 0.15) is 19.4 Å². The van der Waals surface area contributed by atoms with Crippen LogP contribution in [0.15, 0.2) is 47.5 Å². The van der Waals surface area contributed by atoms with Gasteiger partial charge in [0, 0.05) is 42.1 Å². The van der Waals surface area contributed by atoms with Crippen LogP contribution in [0.25, 0.3) is 33.3 Å². The highest BCUT2D eigenvalue weighted by Crippen LogP contribution is 2.45. The van der Waals surface area contributed by atoms with Gasteiger partial charge in [0.2, 0.25) is 5.82 Å². The van der Waals surface area contributed by atoms with Crippen molar-refractivity contribution in [2.24, 2.45) is 0 Å². The van der Waals surface area contributed by atoms with Gasteiger partial charge in [0.1, 0.15) is 12.6 Å². The molecule has 11 heteroatoms. The Labute approximate surface area is 234 Å². The van der Waals surface area contributed by atoms with Gasteiger partial charge in [-0.2, -0.15) is 0 Å². The SMILES string of the molecule is COc1cc(OC)c(F)c(-c2cc3cnc(-c4ccc([N+]56CC5OCC6C)nc4)cc3n(C3CCOC3)c2=O)c1F. The minimum Gasteiger partial charge on any atom is -0.494 e. The van der Waals surface area contributed by atoms with Gasteiger partial charge < -0.3 is 23.5 Å². The standard InChI is InChI=1S/C30H29F2N4O5/c1-16-14-41-26-13-36(16,26)25-5-4-17(11-34-25)21-9-22-18(12-33-21)8-20(30(37)35(22)19-6-7-40-15-19)27-28(31)23(38-2)10-24(39-3)29(27)32/h4-5,8-12,16,19,26H,6-7,13-15H2,1-3H3/q+1. The van der Waals surface area contributed by atoms with Crippen molar-refractivity contribution < 1.29 is 27.7 Å². The zero-order valence-corrected chi connectivity index (χ0v) is 22.9. The molecule has 4 atom stereocenters. The lowest BCUT2D eigenvalue weighted by Gasteiger charge is -2.20. The van der Waals surface area contributed by atoms with Gasteiger partial charge in [-0.3, -0.25) is 9.78 Å². The molecule has 1 aromatic carbocycles. The number of aromatic nitrogens is 3. The number of morpholine rings is 1. The number of fused-ring (bicyclic) bond motifs is 2. The summed E-state index contributed by atoms with van der Waals surface area (Å²) in [6.07, 6.45) is 4.16. The van der Waals surface area contributed by atoms with Crippen LogP contribution in [0.2, 0.25) is 0 Å². The highest BCUT2D eigenvalue weighted by molar-refractivity contribution is 5.87. The van der Waals surface area contributed by atoms with E-state index >= 15 is 8.78 Å².